The van der Waals surface area contributed by atoms with Gasteiger partial charge in [-0.1, -0.05) is 65.3 Å². The summed E-state index contributed by atoms with van der Waals surface area (Å²) < 4.78 is 6.14. The zero-order valence-electron chi connectivity index (χ0n) is 23.1. The Labute approximate surface area is 257 Å². The van der Waals surface area contributed by atoms with E-state index in [1.54, 1.807) is 55.7 Å². The van der Waals surface area contributed by atoms with Crippen molar-refractivity contribution in [1.82, 2.24) is 5.32 Å². The van der Waals surface area contributed by atoms with Gasteiger partial charge in [0, 0.05) is 32.4 Å². The van der Waals surface area contributed by atoms with Crippen LogP contribution in [0, 0.1) is 0 Å². The van der Waals surface area contributed by atoms with Crippen LogP contribution in [0.3, 0.4) is 0 Å². The van der Waals surface area contributed by atoms with E-state index in [0.717, 1.165) is 14.9 Å². The molecule has 0 saturated heterocycles. The number of nitrogens with one attached hydrogen (secondary N) is 3. The molecule has 4 rings (SSSR count). The Morgan fingerprint density at radius 3 is 2.24 bits per heavy atom. The highest BCUT2D eigenvalue weighted by molar-refractivity contribution is 9.10. The summed E-state index contributed by atoms with van der Waals surface area (Å²) in [4.78, 5) is 40.2. The molecule has 9 heteroatoms. The number of halogens is 1. The van der Waals surface area contributed by atoms with E-state index in [1.807, 2.05) is 67.6 Å². The quantitative estimate of drug-likeness (QED) is 0.117. The summed E-state index contributed by atoms with van der Waals surface area (Å²) in [6.07, 6.45) is 2.22. The normalized spacial score (nSPS) is 11.7. The molecular weight excluding hydrogens is 614 g/mol. The number of carbonyl (C=O) groups excluding carboxylic acids is 3. The first-order valence-corrected chi connectivity index (χ1v) is 14.9. The summed E-state index contributed by atoms with van der Waals surface area (Å²) in [5.74, 6) is -0.350. The Hall–Kier alpha value is -4.34. The summed E-state index contributed by atoms with van der Waals surface area (Å²) >= 11 is 4.82. The van der Waals surface area contributed by atoms with Gasteiger partial charge in [-0.3, -0.25) is 14.4 Å². The minimum atomic E-state index is -0.479. The average molecular weight is 645 g/mol. The van der Waals surface area contributed by atoms with Crippen LogP contribution in [0.1, 0.15) is 29.3 Å². The van der Waals surface area contributed by atoms with Crippen molar-refractivity contribution in [2.75, 3.05) is 17.7 Å². The fraction of sp³-hybridized carbons (Fsp3) is 0.121. The van der Waals surface area contributed by atoms with Crippen molar-refractivity contribution in [2.45, 2.75) is 23.5 Å². The Balaban J connectivity index is 1.49. The zero-order valence-corrected chi connectivity index (χ0v) is 25.5. The minimum absolute atomic E-state index is 0.0910. The number of benzene rings is 4. The van der Waals surface area contributed by atoms with Gasteiger partial charge < -0.3 is 20.7 Å². The van der Waals surface area contributed by atoms with Crippen molar-refractivity contribution in [3.8, 4) is 5.75 Å². The highest BCUT2D eigenvalue weighted by Gasteiger charge is 2.19. The van der Waals surface area contributed by atoms with Crippen LogP contribution in [-0.4, -0.2) is 30.1 Å². The van der Waals surface area contributed by atoms with Gasteiger partial charge in [-0.2, -0.15) is 0 Å². The third-order valence-corrected chi connectivity index (χ3v) is 7.97. The monoisotopic (exact) mass is 643 g/mol. The molecule has 0 fully saturated rings. The van der Waals surface area contributed by atoms with Crippen molar-refractivity contribution in [1.29, 1.82) is 0 Å². The first-order valence-electron chi connectivity index (χ1n) is 13.2. The van der Waals surface area contributed by atoms with E-state index in [1.165, 1.54) is 11.8 Å². The summed E-state index contributed by atoms with van der Waals surface area (Å²) in [6.45, 7) is 1.95. The number of methoxy groups -OCH3 is 1. The van der Waals surface area contributed by atoms with Crippen molar-refractivity contribution >= 4 is 62.9 Å². The number of rotatable bonds is 11. The van der Waals surface area contributed by atoms with Gasteiger partial charge in [0.15, 0.2) is 0 Å². The van der Waals surface area contributed by atoms with Crippen molar-refractivity contribution in [2.24, 2.45) is 0 Å². The van der Waals surface area contributed by atoms with Crippen LogP contribution in [0.15, 0.2) is 118 Å². The molecule has 1 unspecified atom stereocenters. The van der Waals surface area contributed by atoms with Gasteiger partial charge in [-0.05, 0) is 72.7 Å². The summed E-state index contributed by atoms with van der Waals surface area (Å²) in [5, 5.41) is 8.22. The molecule has 0 radical (unpaired) electrons. The van der Waals surface area contributed by atoms with Crippen LogP contribution in [0.2, 0.25) is 0 Å². The summed E-state index contributed by atoms with van der Waals surface area (Å²) in [6, 6.07) is 30.6. The van der Waals surface area contributed by atoms with Gasteiger partial charge in [0.1, 0.15) is 11.4 Å². The first-order chi connectivity index (χ1) is 20.3. The second-order valence-electron chi connectivity index (χ2n) is 9.15. The predicted molar refractivity (Wildman–Crippen MR) is 173 cm³/mol. The standard InChI is InChI=1S/C33H30BrN3O4S/c1-3-30(33(40)36-25-11-7-13-27(20-25)41-2)42-28-14-8-12-26(21-28)35-32(39)29(19-22-15-17-24(34)18-16-22)37-31(38)23-9-5-4-6-10-23/h4-21,30H,3H2,1-2H3,(H,35,39)(H,36,40)(H,37,38)/b29-19-. The maximum atomic E-state index is 13.4. The summed E-state index contributed by atoms with van der Waals surface area (Å²) in [5.41, 5.74) is 2.45. The van der Waals surface area contributed by atoms with Crippen LogP contribution in [0.25, 0.3) is 6.08 Å². The fourth-order valence-corrected chi connectivity index (χ4v) is 5.20. The average Bonchev–Trinajstić information content (AvgIpc) is 3.01. The Morgan fingerprint density at radius 1 is 0.857 bits per heavy atom. The van der Waals surface area contributed by atoms with E-state index in [0.29, 0.717) is 29.1 Å². The third kappa shape index (κ3) is 8.83. The van der Waals surface area contributed by atoms with Gasteiger partial charge in [0.05, 0.1) is 12.4 Å². The molecule has 0 bridgehead atoms. The van der Waals surface area contributed by atoms with Crippen molar-refractivity contribution < 1.29 is 19.1 Å². The minimum Gasteiger partial charge on any atom is -0.497 e. The van der Waals surface area contributed by atoms with E-state index in [4.69, 9.17) is 4.74 Å². The van der Waals surface area contributed by atoms with Crippen LogP contribution in [-0.2, 0) is 9.59 Å². The van der Waals surface area contributed by atoms with Crippen LogP contribution >= 0.6 is 27.7 Å². The topological polar surface area (TPSA) is 96.5 Å². The predicted octanol–water partition coefficient (Wildman–Crippen LogP) is 7.38. The van der Waals surface area contributed by atoms with Gasteiger partial charge in [0.2, 0.25) is 5.91 Å². The molecule has 4 aromatic carbocycles. The molecular formula is C33H30BrN3O4S. The fourth-order valence-electron chi connectivity index (χ4n) is 3.92. The lowest BCUT2D eigenvalue weighted by atomic mass is 10.1. The molecule has 1 atom stereocenters. The SMILES string of the molecule is CCC(Sc1cccc(NC(=O)/C(=C/c2ccc(Br)cc2)NC(=O)c2ccccc2)c1)C(=O)Nc1cccc(OC)c1. The van der Waals surface area contributed by atoms with Gasteiger partial charge >= 0.3 is 0 Å². The van der Waals surface area contributed by atoms with E-state index in [-0.39, 0.29) is 16.9 Å². The molecule has 4 aromatic rings. The Morgan fingerprint density at radius 2 is 1.55 bits per heavy atom. The number of carbonyl (C=O) groups is 3. The van der Waals surface area contributed by atoms with Gasteiger partial charge in [0.25, 0.3) is 11.8 Å². The smallest absolute Gasteiger partial charge is 0.272 e. The summed E-state index contributed by atoms with van der Waals surface area (Å²) in [7, 11) is 1.58. The lowest BCUT2D eigenvalue weighted by Gasteiger charge is -2.16. The molecule has 0 spiro atoms. The highest BCUT2D eigenvalue weighted by atomic mass is 79.9. The van der Waals surface area contributed by atoms with Gasteiger partial charge in [-0.15, -0.1) is 11.8 Å². The van der Waals surface area contributed by atoms with E-state index in [2.05, 4.69) is 31.9 Å². The third-order valence-electron chi connectivity index (χ3n) is 6.08. The maximum absolute atomic E-state index is 13.4. The molecule has 0 heterocycles. The lowest BCUT2D eigenvalue weighted by Crippen LogP contribution is -2.30. The first kappa shape index (κ1) is 30.6. The number of thioether (sulfide) groups is 1. The Bertz CT molecular complexity index is 1580. The molecule has 42 heavy (non-hydrogen) atoms. The van der Waals surface area contributed by atoms with Crippen molar-refractivity contribution in [3.05, 3.63) is 124 Å². The van der Waals surface area contributed by atoms with Crippen LogP contribution < -0.4 is 20.7 Å². The molecule has 0 saturated carbocycles. The van der Waals surface area contributed by atoms with Crippen LogP contribution in [0.5, 0.6) is 5.75 Å². The maximum Gasteiger partial charge on any atom is 0.272 e. The van der Waals surface area contributed by atoms with Crippen LogP contribution in [0.4, 0.5) is 11.4 Å². The molecule has 0 aliphatic heterocycles. The lowest BCUT2D eigenvalue weighted by molar-refractivity contribution is -0.116. The molecule has 3 amide bonds. The molecule has 214 valence electrons. The van der Waals surface area contributed by atoms with E-state index in [9.17, 15) is 14.4 Å². The number of ether oxygens (including phenoxy) is 1. The highest BCUT2D eigenvalue weighted by Crippen LogP contribution is 2.29. The van der Waals surface area contributed by atoms with Gasteiger partial charge in [-0.25, -0.2) is 0 Å². The van der Waals surface area contributed by atoms with Crippen molar-refractivity contribution in [3.63, 3.8) is 0 Å². The molecule has 0 aromatic heterocycles. The number of anilines is 2. The second kappa shape index (κ2) is 15.0. The number of hydrogen-bond acceptors (Lipinski definition) is 5. The number of hydrogen-bond donors (Lipinski definition) is 3. The van der Waals surface area contributed by atoms with E-state index < -0.39 is 11.8 Å². The Kier molecular flexibility index (Phi) is 11.0. The molecule has 3 N–H and O–H groups in total. The zero-order chi connectivity index (χ0) is 29.9. The second-order valence-corrected chi connectivity index (χ2v) is 11.3. The molecule has 0 aliphatic rings. The van der Waals surface area contributed by atoms with E-state index >= 15 is 0 Å². The number of amides is 3. The molecule has 0 aliphatic carbocycles. The largest absolute Gasteiger partial charge is 0.497 e. The molecule has 7 nitrogen and oxygen atoms in total.